The molecule has 1 amide bonds. The number of hydrogen-bond donors (Lipinski definition) is 2. The lowest BCUT2D eigenvalue weighted by molar-refractivity contribution is -0.125. The summed E-state index contributed by atoms with van der Waals surface area (Å²) in [7, 11) is 1.69. The largest absolute Gasteiger partial charge is 0.398 e. The van der Waals surface area contributed by atoms with E-state index in [4.69, 9.17) is 5.73 Å². The molecule has 17 heavy (non-hydrogen) atoms. The summed E-state index contributed by atoms with van der Waals surface area (Å²) >= 11 is 0. The number of likely N-dealkylation sites (N-methyl/N-ethyl adjacent to an activating group) is 1. The van der Waals surface area contributed by atoms with Crippen LogP contribution < -0.4 is 11.1 Å². The second-order valence-electron chi connectivity index (χ2n) is 4.44. The third-order valence-corrected chi connectivity index (χ3v) is 3.34. The van der Waals surface area contributed by atoms with Gasteiger partial charge < -0.3 is 11.1 Å². The molecule has 0 aliphatic carbocycles. The lowest BCUT2D eigenvalue weighted by atomic mass is 10.1. The molecule has 1 heterocycles. The second-order valence-corrected chi connectivity index (χ2v) is 4.44. The molecule has 0 saturated carbocycles. The zero-order valence-corrected chi connectivity index (χ0v) is 10.1. The third-order valence-electron chi connectivity index (χ3n) is 3.34. The maximum atomic E-state index is 11.7. The van der Waals surface area contributed by atoms with Gasteiger partial charge in [-0.1, -0.05) is 18.2 Å². The predicted molar refractivity (Wildman–Crippen MR) is 68.4 cm³/mol. The van der Waals surface area contributed by atoms with Gasteiger partial charge in [0.15, 0.2) is 0 Å². The molecule has 1 saturated heterocycles. The first-order valence-corrected chi connectivity index (χ1v) is 6.01. The Kier molecular flexibility index (Phi) is 3.64. The van der Waals surface area contributed by atoms with Gasteiger partial charge in [-0.3, -0.25) is 9.69 Å². The zero-order valence-electron chi connectivity index (χ0n) is 10.1. The van der Waals surface area contributed by atoms with Crippen LogP contribution in [0.5, 0.6) is 0 Å². The number of nitrogens with zero attached hydrogens (tertiary/aromatic N) is 1. The highest BCUT2D eigenvalue weighted by atomic mass is 16.2. The molecule has 1 unspecified atom stereocenters. The van der Waals surface area contributed by atoms with Gasteiger partial charge in [-0.2, -0.15) is 0 Å². The van der Waals surface area contributed by atoms with Gasteiger partial charge in [-0.05, 0) is 31.0 Å². The van der Waals surface area contributed by atoms with E-state index in [0.717, 1.165) is 37.2 Å². The number of nitrogens with two attached hydrogens (primary N) is 1. The number of rotatable bonds is 3. The summed E-state index contributed by atoms with van der Waals surface area (Å²) in [5.74, 6) is 0.108. The van der Waals surface area contributed by atoms with Crippen molar-refractivity contribution in [2.75, 3.05) is 19.3 Å². The predicted octanol–water partition coefficient (Wildman–Crippen LogP) is 0.979. The van der Waals surface area contributed by atoms with Crippen LogP contribution in [0.25, 0.3) is 0 Å². The summed E-state index contributed by atoms with van der Waals surface area (Å²) in [6.45, 7) is 1.72. The summed E-state index contributed by atoms with van der Waals surface area (Å²) in [5, 5.41) is 2.73. The minimum Gasteiger partial charge on any atom is -0.398 e. The Hall–Kier alpha value is -1.55. The van der Waals surface area contributed by atoms with Crippen LogP contribution in [0.1, 0.15) is 18.4 Å². The van der Waals surface area contributed by atoms with Gasteiger partial charge in [0.2, 0.25) is 5.91 Å². The van der Waals surface area contributed by atoms with Crippen molar-refractivity contribution in [1.29, 1.82) is 0 Å². The summed E-state index contributed by atoms with van der Waals surface area (Å²) < 4.78 is 0. The van der Waals surface area contributed by atoms with Crippen LogP contribution in [0.4, 0.5) is 5.69 Å². The van der Waals surface area contributed by atoms with Crippen LogP contribution in [0, 0.1) is 0 Å². The van der Waals surface area contributed by atoms with Crippen LogP contribution in [-0.4, -0.2) is 30.4 Å². The van der Waals surface area contributed by atoms with Gasteiger partial charge in [0.25, 0.3) is 0 Å². The van der Waals surface area contributed by atoms with Gasteiger partial charge in [0.05, 0.1) is 6.04 Å². The topological polar surface area (TPSA) is 58.4 Å². The molecule has 0 aromatic heterocycles. The molecule has 4 nitrogen and oxygen atoms in total. The van der Waals surface area contributed by atoms with Crippen LogP contribution in [-0.2, 0) is 11.3 Å². The van der Waals surface area contributed by atoms with Gasteiger partial charge in [-0.15, -0.1) is 0 Å². The molecule has 1 fully saturated rings. The Bertz CT molecular complexity index is 405. The molecule has 0 radical (unpaired) electrons. The number of para-hydroxylation sites is 1. The van der Waals surface area contributed by atoms with Crippen LogP contribution in [0.15, 0.2) is 24.3 Å². The van der Waals surface area contributed by atoms with Crippen LogP contribution in [0.3, 0.4) is 0 Å². The van der Waals surface area contributed by atoms with E-state index in [0.29, 0.717) is 0 Å². The van der Waals surface area contributed by atoms with Crippen molar-refractivity contribution < 1.29 is 4.79 Å². The maximum absolute atomic E-state index is 11.7. The molecule has 4 heteroatoms. The van der Waals surface area contributed by atoms with Gasteiger partial charge >= 0.3 is 0 Å². The fraction of sp³-hybridized carbons (Fsp3) is 0.462. The molecule has 0 bridgehead atoms. The van der Waals surface area contributed by atoms with E-state index in [9.17, 15) is 4.79 Å². The molecular formula is C13H19N3O. The van der Waals surface area contributed by atoms with Crippen LogP contribution in [0.2, 0.25) is 0 Å². The lowest BCUT2D eigenvalue weighted by Crippen LogP contribution is -2.41. The lowest BCUT2D eigenvalue weighted by Gasteiger charge is -2.23. The van der Waals surface area contributed by atoms with E-state index in [1.54, 1.807) is 7.05 Å². The number of amides is 1. The first kappa shape index (κ1) is 11.9. The average molecular weight is 233 g/mol. The number of likely N-dealkylation sites (tertiary alicyclic amines) is 1. The van der Waals surface area contributed by atoms with E-state index in [-0.39, 0.29) is 11.9 Å². The standard InChI is InChI=1S/C13H19N3O/c1-15-13(17)12-7-4-8-16(12)9-10-5-2-3-6-11(10)14/h2-3,5-6,12H,4,7-9,14H2,1H3,(H,15,17). The van der Waals surface area contributed by atoms with Crippen molar-refractivity contribution in [3.8, 4) is 0 Å². The quantitative estimate of drug-likeness (QED) is 0.765. The minimum atomic E-state index is -0.000365. The number of hydrogen-bond acceptors (Lipinski definition) is 3. The van der Waals surface area contributed by atoms with Crippen molar-refractivity contribution in [2.45, 2.75) is 25.4 Å². The summed E-state index contributed by atoms with van der Waals surface area (Å²) in [4.78, 5) is 13.9. The Morgan fingerprint density at radius 1 is 1.53 bits per heavy atom. The molecular weight excluding hydrogens is 214 g/mol. The highest BCUT2D eigenvalue weighted by Crippen LogP contribution is 2.22. The Balaban J connectivity index is 2.08. The third kappa shape index (κ3) is 2.58. The number of nitrogen functional groups attached to an aromatic ring is 1. The molecule has 1 aromatic rings. The Morgan fingerprint density at radius 3 is 3.00 bits per heavy atom. The van der Waals surface area contributed by atoms with Crippen molar-refractivity contribution in [3.05, 3.63) is 29.8 Å². The zero-order chi connectivity index (χ0) is 12.3. The number of benzene rings is 1. The SMILES string of the molecule is CNC(=O)C1CCCN1Cc1ccccc1N. The van der Waals surface area contributed by atoms with Gasteiger partial charge in [0, 0.05) is 19.3 Å². The normalized spacial score (nSPS) is 20.4. The first-order chi connectivity index (χ1) is 8.22. The van der Waals surface area contributed by atoms with E-state index < -0.39 is 0 Å². The molecule has 1 atom stereocenters. The van der Waals surface area contributed by atoms with E-state index in [1.165, 1.54) is 0 Å². The van der Waals surface area contributed by atoms with Gasteiger partial charge in [0.1, 0.15) is 0 Å². The van der Waals surface area contributed by atoms with Crippen molar-refractivity contribution >= 4 is 11.6 Å². The first-order valence-electron chi connectivity index (χ1n) is 6.01. The monoisotopic (exact) mass is 233 g/mol. The summed E-state index contributed by atoms with van der Waals surface area (Å²) in [5.41, 5.74) is 7.83. The number of carbonyl (C=O) groups excluding carboxylic acids is 1. The average Bonchev–Trinajstić information content (AvgIpc) is 2.79. The molecule has 0 spiro atoms. The maximum Gasteiger partial charge on any atom is 0.237 e. The number of carbonyl (C=O) groups is 1. The van der Waals surface area contributed by atoms with Crippen LogP contribution >= 0.6 is 0 Å². The van der Waals surface area contributed by atoms with E-state index in [2.05, 4.69) is 10.2 Å². The fourth-order valence-electron chi connectivity index (χ4n) is 2.38. The molecule has 1 aliphatic heterocycles. The van der Waals surface area contributed by atoms with Gasteiger partial charge in [-0.25, -0.2) is 0 Å². The van der Waals surface area contributed by atoms with Crippen molar-refractivity contribution in [1.82, 2.24) is 10.2 Å². The fourth-order valence-corrected chi connectivity index (χ4v) is 2.38. The molecule has 1 aliphatic rings. The van der Waals surface area contributed by atoms with E-state index in [1.807, 2.05) is 24.3 Å². The van der Waals surface area contributed by atoms with Crippen molar-refractivity contribution in [3.63, 3.8) is 0 Å². The summed E-state index contributed by atoms with van der Waals surface area (Å²) in [6, 6.07) is 7.84. The molecule has 2 rings (SSSR count). The molecule has 3 N–H and O–H groups in total. The Morgan fingerprint density at radius 2 is 2.29 bits per heavy atom. The minimum absolute atomic E-state index is 0.000365. The smallest absolute Gasteiger partial charge is 0.237 e. The van der Waals surface area contributed by atoms with E-state index >= 15 is 0 Å². The van der Waals surface area contributed by atoms with Crippen molar-refractivity contribution in [2.24, 2.45) is 0 Å². The highest BCUT2D eigenvalue weighted by molar-refractivity contribution is 5.81. The number of nitrogens with one attached hydrogen (secondary N) is 1. The highest BCUT2D eigenvalue weighted by Gasteiger charge is 2.29. The molecule has 1 aromatic carbocycles. The molecule has 92 valence electrons. The summed E-state index contributed by atoms with van der Waals surface area (Å²) in [6.07, 6.45) is 2.01. The Labute approximate surface area is 102 Å². The number of anilines is 1. The second kappa shape index (κ2) is 5.19.